The van der Waals surface area contributed by atoms with Crippen LogP contribution < -0.4 is 0 Å². The van der Waals surface area contributed by atoms with Crippen molar-refractivity contribution in [3.63, 3.8) is 0 Å². The van der Waals surface area contributed by atoms with Gasteiger partial charge in [-0.15, -0.1) is 0 Å². The van der Waals surface area contributed by atoms with Crippen molar-refractivity contribution in [3.8, 4) is 0 Å². The maximum absolute atomic E-state index is 15.4. The standard InChI is InChI=1S/C20H20ClFO3/c21-15-2-1-14-10-20(22,17(23)16(14)6-15)18(24)25-19-7-11-3-12(8-19)5-13(4-11)9-19/h1-2,6,11-13H,3-5,7-10H2. The topological polar surface area (TPSA) is 43.4 Å². The van der Waals surface area contributed by atoms with E-state index in [9.17, 15) is 9.59 Å². The molecule has 3 nitrogen and oxygen atoms in total. The summed E-state index contributed by atoms with van der Waals surface area (Å²) in [5, 5.41) is 0.366. The molecule has 0 heterocycles. The molecular weight excluding hydrogens is 343 g/mol. The van der Waals surface area contributed by atoms with Gasteiger partial charge in [0.1, 0.15) is 5.60 Å². The first-order chi connectivity index (χ1) is 11.9. The van der Waals surface area contributed by atoms with Crippen molar-refractivity contribution >= 4 is 23.4 Å². The largest absolute Gasteiger partial charge is 0.456 e. The van der Waals surface area contributed by atoms with E-state index in [0.29, 0.717) is 28.3 Å². The molecule has 132 valence electrons. The van der Waals surface area contributed by atoms with Gasteiger partial charge >= 0.3 is 5.97 Å². The third-order valence-corrected chi connectivity index (χ3v) is 6.96. The second kappa shape index (κ2) is 5.06. The summed E-state index contributed by atoms with van der Waals surface area (Å²) < 4.78 is 21.2. The number of ether oxygens (including phenoxy) is 1. The smallest absolute Gasteiger partial charge is 0.353 e. The molecule has 0 N–H and O–H groups in total. The molecule has 0 saturated heterocycles. The molecule has 0 spiro atoms. The summed E-state index contributed by atoms with van der Waals surface area (Å²) in [5.74, 6) is -0.0359. The summed E-state index contributed by atoms with van der Waals surface area (Å²) in [7, 11) is 0. The lowest BCUT2D eigenvalue weighted by Crippen LogP contribution is -2.55. The Morgan fingerprint density at radius 1 is 1.12 bits per heavy atom. The molecule has 1 aromatic carbocycles. The van der Waals surface area contributed by atoms with E-state index >= 15 is 4.39 Å². The Kier molecular flexibility index (Phi) is 3.20. The number of carbonyl (C=O) groups is 2. The summed E-state index contributed by atoms with van der Waals surface area (Å²) in [4.78, 5) is 25.3. The molecule has 6 rings (SSSR count). The molecule has 5 heteroatoms. The molecule has 4 saturated carbocycles. The van der Waals surface area contributed by atoms with Crippen LogP contribution in [0.15, 0.2) is 18.2 Å². The number of alkyl halides is 1. The second-order valence-electron chi connectivity index (χ2n) is 8.60. The fraction of sp³-hybridized carbons (Fsp3) is 0.600. The van der Waals surface area contributed by atoms with Gasteiger partial charge in [0, 0.05) is 17.0 Å². The SMILES string of the molecule is O=C(OC12CC3CC(CC(C3)C1)C2)C1(F)Cc2ccc(Cl)cc2C1=O. The number of Topliss-reactive ketones (excluding diaryl/α,β-unsaturated/α-hetero) is 1. The van der Waals surface area contributed by atoms with Gasteiger partial charge in [-0.25, -0.2) is 9.18 Å². The molecule has 1 aromatic rings. The first kappa shape index (κ1) is 15.8. The quantitative estimate of drug-likeness (QED) is 0.582. The monoisotopic (exact) mass is 362 g/mol. The summed E-state index contributed by atoms with van der Waals surface area (Å²) in [6, 6.07) is 4.68. The number of esters is 1. The van der Waals surface area contributed by atoms with Crippen molar-refractivity contribution in [2.45, 2.75) is 56.2 Å². The third kappa shape index (κ3) is 2.29. The Morgan fingerprint density at radius 3 is 2.32 bits per heavy atom. The van der Waals surface area contributed by atoms with E-state index in [1.165, 1.54) is 25.3 Å². The zero-order valence-corrected chi connectivity index (χ0v) is 14.7. The Balaban J connectivity index is 1.41. The molecule has 0 amide bonds. The van der Waals surface area contributed by atoms with E-state index < -0.39 is 23.0 Å². The van der Waals surface area contributed by atoms with Crippen molar-refractivity contribution in [3.05, 3.63) is 34.3 Å². The van der Waals surface area contributed by atoms with Crippen LogP contribution in [-0.2, 0) is 16.0 Å². The Labute approximate surface area is 150 Å². The molecule has 4 fully saturated rings. The summed E-state index contributed by atoms with van der Waals surface area (Å²) >= 11 is 5.92. The zero-order valence-electron chi connectivity index (χ0n) is 13.9. The van der Waals surface area contributed by atoms with Crippen LogP contribution in [-0.4, -0.2) is 23.0 Å². The lowest BCUT2D eigenvalue weighted by atomic mass is 9.54. The highest BCUT2D eigenvalue weighted by molar-refractivity contribution is 6.31. The van der Waals surface area contributed by atoms with Crippen LogP contribution in [0.4, 0.5) is 4.39 Å². The average molecular weight is 363 g/mol. The van der Waals surface area contributed by atoms with Crippen LogP contribution >= 0.6 is 11.6 Å². The van der Waals surface area contributed by atoms with Crippen molar-refractivity contribution in [1.29, 1.82) is 0 Å². The van der Waals surface area contributed by atoms with Gasteiger partial charge in [0.25, 0.3) is 5.67 Å². The molecule has 0 radical (unpaired) electrons. The number of rotatable bonds is 2. The van der Waals surface area contributed by atoms with Gasteiger partial charge in [0.15, 0.2) is 0 Å². The molecule has 0 aromatic heterocycles. The lowest BCUT2D eigenvalue weighted by Gasteiger charge is -2.55. The highest BCUT2D eigenvalue weighted by atomic mass is 35.5. The first-order valence-electron chi connectivity index (χ1n) is 9.12. The van der Waals surface area contributed by atoms with Gasteiger partial charge in [-0.05, 0) is 74.0 Å². The van der Waals surface area contributed by atoms with Crippen LogP contribution in [0.2, 0.25) is 5.02 Å². The Morgan fingerprint density at radius 2 is 1.72 bits per heavy atom. The maximum atomic E-state index is 15.4. The van der Waals surface area contributed by atoms with Crippen LogP contribution in [0.3, 0.4) is 0 Å². The van der Waals surface area contributed by atoms with E-state index in [2.05, 4.69) is 0 Å². The molecule has 1 atom stereocenters. The molecule has 5 aliphatic carbocycles. The number of halogens is 2. The number of hydrogen-bond acceptors (Lipinski definition) is 3. The van der Waals surface area contributed by atoms with Crippen LogP contribution in [0, 0.1) is 17.8 Å². The predicted octanol–water partition coefficient (Wildman–Crippen LogP) is 4.30. The molecule has 5 aliphatic rings. The molecule has 25 heavy (non-hydrogen) atoms. The zero-order chi connectivity index (χ0) is 17.4. The van der Waals surface area contributed by atoms with Crippen molar-refractivity contribution < 1.29 is 18.7 Å². The molecule has 4 bridgehead atoms. The van der Waals surface area contributed by atoms with Gasteiger partial charge in [0.05, 0.1) is 0 Å². The normalized spacial score (nSPS) is 41.0. The summed E-state index contributed by atoms with van der Waals surface area (Å²) in [6.45, 7) is 0. The van der Waals surface area contributed by atoms with Crippen LogP contribution in [0.25, 0.3) is 0 Å². The van der Waals surface area contributed by atoms with E-state index in [0.717, 1.165) is 19.3 Å². The van der Waals surface area contributed by atoms with Gasteiger partial charge in [-0.1, -0.05) is 17.7 Å². The molecule has 1 unspecified atom stereocenters. The van der Waals surface area contributed by atoms with E-state index in [1.807, 2.05) is 0 Å². The van der Waals surface area contributed by atoms with Crippen molar-refractivity contribution in [2.24, 2.45) is 17.8 Å². The second-order valence-corrected chi connectivity index (χ2v) is 9.04. The van der Waals surface area contributed by atoms with Gasteiger partial charge < -0.3 is 4.74 Å². The van der Waals surface area contributed by atoms with Crippen molar-refractivity contribution in [2.75, 3.05) is 0 Å². The predicted molar refractivity (Wildman–Crippen MR) is 90.3 cm³/mol. The summed E-state index contributed by atoms with van der Waals surface area (Å²) in [5.41, 5.74) is -2.41. The van der Waals surface area contributed by atoms with Gasteiger partial charge in [-0.3, -0.25) is 4.79 Å². The highest BCUT2D eigenvalue weighted by Crippen LogP contribution is 2.57. The van der Waals surface area contributed by atoms with E-state index in [1.54, 1.807) is 12.1 Å². The number of carbonyl (C=O) groups excluding carboxylic acids is 2. The lowest BCUT2D eigenvalue weighted by molar-refractivity contribution is -0.195. The molecule has 0 aliphatic heterocycles. The number of benzene rings is 1. The summed E-state index contributed by atoms with van der Waals surface area (Å²) in [6.07, 6.45) is 5.86. The van der Waals surface area contributed by atoms with Crippen LogP contribution in [0.1, 0.15) is 54.4 Å². The van der Waals surface area contributed by atoms with E-state index in [4.69, 9.17) is 16.3 Å². The average Bonchev–Trinajstić information content (AvgIpc) is 2.78. The van der Waals surface area contributed by atoms with Gasteiger partial charge in [0.2, 0.25) is 5.78 Å². The van der Waals surface area contributed by atoms with Crippen LogP contribution in [0.5, 0.6) is 0 Å². The van der Waals surface area contributed by atoms with E-state index in [-0.39, 0.29) is 12.0 Å². The Hall–Kier alpha value is -1.42. The fourth-order valence-corrected chi connectivity index (χ4v) is 6.24. The number of fused-ring (bicyclic) bond motifs is 1. The highest BCUT2D eigenvalue weighted by Gasteiger charge is 2.59. The number of hydrogen-bond donors (Lipinski definition) is 0. The minimum Gasteiger partial charge on any atom is -0.456 e. The number of ketones is 1. The minimum absolute atomic E-state index is 0.206. The third-order valence-electron chi connectivity index (χ3n) is 6.73. The maximum Gasteiger partial charge on any atom is 0.353 e. The van der Waals surface area contributed by atoms with Crippen molar-refractivity contribution in [1.82, 2.24) is 0 Å². The fourth-order valence-electron chi connectivity index (χ4n) is 6.07. The van der Waals surface area contributed by atoms with Gasteiger partial charge in [-0.2, -0.15) is 0 Å². The minimum atomic E-state index is -2.60. The molecular formula is C20H20ClFO3. The first-order valence-corrected chi connectivity index (χ1v) is 9.50. The Bertz CT molecular complexity index is 754.